The third-order valence-electron chi connectivity index (χ3n) is 1.82. The molecule has 0 saturated carbocycles. The Morgan fingerprint density at radius 2 is 2.46 bits per heavy atom. The van der Waals surface area contributed by atoms with Crippen LogP contribution in [-0.2, 0) is 11.8 Å². The first kappa shape index (κ1) is 10.2. The van der Waals surface area contributed by atoms with Gasteiger partial charge in [0.15, 0.2) is 0 Å². The fraction of sp³-hybridized carbons (Fsp3) is 0.667. The summed E-state index contributed by atoms with van der Waals surface area (Å²) in [4.78, 5) is 0. The molecule has 1 unspecified atom stereocenters. The third kappa shape index (κ3) is 3.16. The summed E-state index contributed by atoms with van der Waals surface area (Å²) in [6.45, 7) is 3.20. The van der Waals surface area contributed by atoms with Crippen LogP contribution < -0.4 is 0 Å². The van der Waals surface area contributed by atoms with E-state index in [9.17, 15) is 5.11 Å². The molecule has 1 N–H and O–H groups in total. The van der Waals surface area contributed by atoms with Gasteiger partial charge in [0.25, 0.3) is 0 Å². The SMILES string of the molecule is CCOCCC(O)c1ccn(C)n1. The molecular formula is C9H16N2O2. The lowest BCUT2D eigenvalue weighted by atomic mass is 10.2. The number of hydrogen-bond donors (Lipinski definition) is 1. The number of aromatic nitrogens is 2. The van der Waals surface area contributed by atoms with E-state index >= 15 is 0 Å². The Hall–Kier alpha value is -0.870. The zero-order valence-corrected chi connectivity index (χ0v) is 8.10. The maximum Gasteiger partial charge on any atom is 0.1000 e. The van der Waals surface area contributed by atoms with Gasteiger partial charge in [0.1, 0.15) is 0 Å². The second-order valence-electron chi connectivity index (χ2n) is 2.92. The Bertz CT molecular complexity index is 248. The molecule has 74 valence electrons. The molecule has 0 aliphatic rings. The van der Waals surface area contributed by atoms with Crippen LogP contribution >= 0.6 is 0 Å². The summed E-state index contributed by atoms with van der Waals surface area (Å²) >= 11 is 0. The van der Waals surface area contributed by atoms with E-state index in [4.69, 9.17) is 4.74 Å². The van der Waals surface area contributed by atoms with Crippen LogP contribution in [0.2, 0.25) is 0 Å². The van der Waals surface area contributed by atoms with Crippen LogP contribution in [0.4, 0.5) is 0 Å². The molecule has 1 aromatic heterocycles. The van der Waals surface area contributed by atoms with Gasteiger partial charge in [-0.1, -0.05) is 0 Å². The van der Waals surface area contributed by atoms with Crippen LogP contribution in [0.3, 0.4) is 0 Å². The van der Waals surface area contributed by atoms with Crippen molar-refractivity contribution in [2.75, 3.05) is 13.2 Å². The minimum Gasteiger partial charge on any atom is -0.387 e. The molecule has 0 aliphatic carbocycles. The summed E-state index contributed by atoms with van der Waals surface area (Å²) in [6, 6.07) is 1.82. The van der Waals surface area contributed by atoms with Crippen molar-refractivity contribution < 1.29 is 9.84 Å². The van der Waals surface area contributed by atoms with E-state index < -0.39 is 6.10 Å². The second kappa shape index (κ2) is 4.99. The molecule has 0 spiro atoms. The molecule has 0 radical (unpaired) electrons. The number of nitrogens with zero attached hydrogens (tertiary/aromatic N) is 2. The van der Waals surface area contributed by atoms with Crippen LogP contribution in [0.15, 0.2) is 12.3 Å². The van der Waals surface area contributed by atoms with Crippen LogP contribution in [0.25, 0.3) is 0 Å². The molecule has 0 aliphatic heterocycles. The molecule has 13 heavy (non-hydrogen) atoms. The minimum atomic E-state index is -0.507. The highest BCUT2D eigenvalue weighted by molar-refractivity contribution is 5.02. The summed E-state index contributed by atoms with van der Waals surface area (Å²) in [6.07, 6.45) is 1.91. The van der Waals surface area contributed by atoms with Crippen molar-refractivity contribution in [3.63, 3.8) is 0 Å². The average molecular weight is 184 g/mol. The fourth-order valence-corrected chi connectivity index (χ4v) is 1.10. The molecule has 4 nitrogen and oxygen atoms in total. The molecule has 4 heteroatoms. The summed E-state index contributed by atoms with van der Waals surface area (Å²) < 4.78 is 6.82. The van der Waals surface area contributed by atoms with Crippen LogP contribution in [0.1, 0.15) is 25.1 Å². The highest BCUT2D eigenvalue weighted by Crippen LogP contribution is 2.13. The number of aliphatic hydroxyl groups excluding tert-OH is 1. The first-order chi connectivity index (χ1) is 6.24. The first-order valence-electron chi connectivity index (χ1n) is 4.49. The molecule has 0 fully saturated rings. The standard InChI is InChI=1S/C9H16N2O2/c1-3-13-7-5-9(12)8-4-6-11(2)10-8/h4,6,9,12H,3,5,7H2,1-2H3. The lowest BCUT2D eigenvalue weighted by Gasteiger charge is -2.06. The predicted octanol–water partition coefficient (Wildman–Crippen LogP) is 0.880. The maximum absolute atomic E-state index is 9.60. The first-order valence-corrected chi connectivity index (χ1v) is 4.49. The van der Waals surface area contributed by atoms with Gasteiger partial charge in [-0.15, -0.1) is 0 Å². The second-order valence-corrected chi connectivity index (χ2v) is 2.92. The van der Waals surface area contributed by atoms with E-state index in [0.717, 1.165) is 0 Å². The highest BCUT2D eigenvalue weighted by atomic mass is 16.5. The molecule has 1 rings (SSSR count). The normalized spacial score (nSPS) is 13.2. The van der Waals surface area contributed by atoms with E-state index in [-0.39, 0.29) is 0 Å². The molecule has 0 amide bonds. The van der Waals surface area contributed by atoms with Gasteiger partial charge in [-0.2, -0.15) is 5.10 Å². The van der Waals surface area contributed by atoms with Gasteiger partial charge in [0.2, 0.25) is 0 Å². The Balaban J connectivity index is 2.35. The smallest absolute Gasteiger partial charge is 0.1000 e. The number of aliphatic hydroxyl groups is 1. The third-order valence-corrected chi connectivity index (χ3v) is 1.82. The van der Waals surface area contributed by atoms with Gasteiger partial charge in [0.05, 0.1) is 11.8 Å². The summed E-state index contributed by atoms with van der Waals surface area (Å²) in [7, 11) is 1.83. The van der Waals surface area contributed by atoms with Gasteiger partial charge in [0, 0.05) is 32.9 Å². The molecule has 1 aromatic rings. The minimum absolute atomic E-state index is 0.507. The van der Waals surface area contributed by atoms with E-state index in [1.54, 1.807) is 4.68 Å². The number of aryl methyl sites for hydroxylation is 1. The van der Waals surface area contributed by atoms with Crippen LogP contribution in [0, 0.1) is 0 Å². The van der Waals surface area contributed by atoms with Crippen molar-refractivity contribution in [3.05, 3.63) is 18.0 Å². The van der Waals surface area contributed by atoms with Crippen molar-refractivity contribution in [2.24, 2.45) is 7.05 Å². The van der Waals surface area contributed by atoms with E-state index in [2.05, 4.69) is 5.10 Å². The monoisotopic (exact) mass is 184 g/mol. The Labute approximate surface area is 78.1 Å². The lowest BCUT2D eigenvalue weighted by molar-refractivity contribution is 0.0863. The molecular weight excluding hydrogens is 168 g/mol. The van der Waals surface area contributed by atoms with Gasteiger partial charge in [-0.05, 0) is 13.0 Å². The van der Waals surface area contributed by atoms with Gasteiger partial charge < -0.3 is 9.84 Å². The summed E-state index contributed by atoms with van der Waals surface area (Å²) in [5.74, 6) is 0. The van der Waals surface area contributed by atoms with Gasteiger partial charge >= 0.3 is 0 Å². The Morgan fingerprint density at radius 3 is 3.00 bits per heavy atom. The molecule has 1 atom stereocenters. The van der Waals surface area contributed by atoms with Crippen molar-refractivity contribution in [1.29, 1.82) is 0 Å². The van der Waals surface area contributed by atoms with E-state index in [0.29, 0.717) is 25.3 Å². The van der Waals surface area contributed by atoms with Crippen LogP contribution in [0.5, 0.6) is 0 Å². The van der Waals surface area contributed by atoms with Crippen molar-refractivity contribution in [3.8, 4) is 0 Å². The Kier molecular flexibility index (Phi) is 3.92. The molecule has 0 bridgehead atoms. The van der Waals surface area contributed by atoms with E-state index in [1.165, 1.54) is 0 Å². The molecule has 1 heterocycles. The summed E-state index contributed by atoms with van der Waals surface area (Å²) in [5.41, 5.74) is 0.710. The van der Waals surface area contributed by atoms with Crippen LogP contribution in [-0.4, -0.2) is 28.1 Å². The zero-order chi connectivity index (χ0) is 9.68. The largest absolute Gasteiger partial charge is 0.387 e. The number of ether oxygens (including phenoxy) is 1. The quantitative estimate of drug-likeness (QED) is 0.691. The summed E-state index contributed by atoms with van der Waals surface area (Å²) in [5, 5.41) is 13.7. The lowest BCUT2D eigenvalue weighted by Crippen LogP contribution is -2.04. The number of rotatable bonds is 5. The van der Waals surface area contributed by atoms with E-state index in [1.807, 2.05) is 26.2 Å². The van der Waals surface area contributed by atoms with Crippen molar-refractivity contribution in [1.82, 2.24) is 9.78 Å². The topological polar surface area (TPSA) is 47.3 Å². The Morgan fingerprint density at radius 1 is 1.69 bits per heavy atom. The molecule has 0 saturated heterocycles. The predicted molar refractivity (Wildman–Crippen MR) is 49.3 cm³/mol. The number of hydrogen-bond acceptors (Lipinski definition) is 3. The van der Waals surface area contributed by atoms with Crippen molar-refractivity contribution >= 4 is 0 Å². The zero-order valence-electron chi connectivity index (χ0n) is 8.10. The van der Waals surface area contributed by atoms with Gasteiger partial charge in [-0.25, -0.2) is 0 Å². The van der Waals surface area contributed by atoms with Gasteiger partial charge in [-0.3, -0.25) is 4.68 Å². The molecule has 0 aromatic carbocycles. The average Bonchev–Trinajstić information content (AvgIpc) is 2.52. The van der Waals surface area contributed by atoms with Crippen molar-refractivity contribution in [2.45, 2.75) is 19.4 Å². The maximum atomic E-state index is 9.60. The highest BCUT2D eigenvalue weighted by Gasteiger charge is 2.09. The fourth-order valence-electron chi connectivity index (χ4n) is 1.10.